The summed E-state index contributed by atoms with van der Waals surface area (Å²) >= 11 is 7.73. The van der Waals surface area contributed by atoms with Gasteiger partial charge in [0.05, 0.1) is 0 Å². The Hall–Kier alpha value is -0.600. The smallest absolute Gasteiger partial charge is 0.0267 e. The fourth-order valence-corrected chi connectivity index (χ4v) is 8.23. The highest BCUT2D eigenvalue weighted by molar-refractivity contribution is 9.10. The van der Waals surface area contributed by atoms with Gasteiger partial charge in [-0.15, -0.1) is 0 Å². The Morgan fingerprint density at radius 1 is 0.513 bits per heavy atom. The predicted octanol–water partition coefficient (Wildman–Crippen LogP) is 13.8. The maximum atomic E-state index is 3.86. The first-order valence-corrected chi connectivity index (χ1v) is 18.2. The van der Waals surface area contributed by atoms with Crippen molar-refractivity contribution in [2.75, 3.05) is 0 Å². The van der Waals surface area contributed by atoms with Crippen LogP contribution in [0.1, 0.15) is 154 Å². The van der Waals surface area contributed by atoms with Crippen LogP contribution in [0.2, 0.25) is 0 Å². The lowest BCUT2D eigenvalue weighted by Gasteiger charge is -2.44. The molecule has 1 aliphatic rings. The Labute approximate surface area is 258 Å². The SMILES string of the molecule is CCCCCCCCCCC(C)C1(C(C)CCCCCCCCCC)c2cc(Br)ccc2-c2ccc(Br)cc21. The van der Waals surface area contributed by atoms with Crippen LogP contribution in [0, 0.1) is 11.8 Å². The van der Waals surface area contributed by atoms with Crippen LogP contribution in [0.5, 0.6) is 0 Å². The standard InChI is InChI=1S/C37H56Br2/c1-5-7-9-11-13-15-17-19-21-29(3)37(30(4)22-20-18-16-14-12-10-8-6-2)35-27-31(38)23-25-33(35)34-26-24-32(39)28-36(34)37/h23-30H,5-22H2,1-4H3. The minimum atomic E-state index is 0.0838. The van der Waals surface area contributed by atoms with E-state index in [1.807, 2.05) is 0 Å². The molecule has 0 aromatic heterocycles. The van der Waals surface area contributed by atoms with E-state index in [1.165, 1.54) is 136 Å². The molecule has 0 N–H and O–H groups in total. The van der Waals surface area contributed by atoms with Gasteiger partial charge in [0.25, 0.3) is 0 Å². The van der Waals surface area contributed by atoms with E-state index in [-0.39, 0.29) is 5.41 Å². The molecule has 2 heteroatoms. The second-order valence-electron chi connectivity index (χ2n) is 12.6. The van der Waals surface area contributed by atoms with Crippen molar-refractivity contribution in [1.29, 1.82) is 0 Å². The highest BCUT2D eigenvalue weighted by atomic mass is 79.9. The topological polar surface area (TPSA) is 0 Å². The third kappa shape index (κ3) is 8.70. The van der Waals surface area contributed by atoms with Crippen LogP contribution >= 0.6 is 31.9 Å². The summed E-state index contributed by atoms with van der Waals surface area (Å²) < 4.78 is 2.44. The molecular weight excluding hydrogens is 604 g/mol. The maximum Gasteiger partial charge on any atom is 0.0267 e. The van der Waals surface area contributed by atoms with Crippen LogP contribution in [0.3, 0.4) is 0 Å². The van der Waals surface area contributed by atoms with E-state index in [0.29, 0.717) is 11.8 Å². The third-order valence-corrected chi connectivity index (χ3v) is 10.7. The van der Waals surface area contributed by atoms with Crippen LogP contribution < -0.4 is 0 Å². The highest BCUT2D eigenvalue weighted by Gasteiger charge is 2.50. The summed E-state index contributed by atoms with van der Waals surface area (Å²) in [5.74, 6) is 1.23. The van der Waals surface area contributed by atoms with Crippen molar-refractivity contribution in [3.63, 3.8) is 0 Å². The molecule has 0 heterocycles. The molecule has 3 rings (SSSR count). The fraction of sp³-hybridized carbons (Fsp3) is 0.676. The minimum absolute atomic E-state index is 0.0838. The Bertz CT molecular complexity index is 898. The molecule has 2 aromatic carbocycles. The Balaban J connectivity index is 1.76. The number of rotatable bonds is 20. The van der Waals surface area contributed by atoms with Crippen molar-refractivity contribution < 1.29 is 0 Å². The molecule has 0 saturated carbocycles. The van der Waals surface area contributed by atoms with E-state index in [2.05, 4.69) is 96.0 Å². The molecule has 0 amide bonds. The Morgan fingerprint density at radius 3 is 1.21 bits per heavy atom. The van der Waals surface area contributed by atoms with Gasteiger partial charge in [-0.05, 0) is 71.2 Å². The second-order valence-corrected chi connectivity index (χ2v) is 14.4. The molecule has 2 aromatic rings. The van der Waals surface area contributed by atoms with Gasteiger partial charge in [-0.3, -0.25) is 0 Å². The van der Waals surface area contributed by atoms with Crippen molar-refractivity contribution in [1.82, 2.24) is 0 Å². The molecule has 39 heavy (non-hydrogen) atoms. The van der Waals surface area contributed by atoms with Crippen LogP contribution in [-0.2, 0) is 5.41 Å². The molecule has 0 aliphatic heterocycles. The van der Waals surface area contributed by atoms with Gasteiger partial charge in [0, 0.05) is 14.4 Å². The largest absolute Gasteiger partial charge is 0.0654 e. The van der Waals surface area contributed by atoms with Gasteiger partial charge in [-0.1, -0.05) is 174 Å². The summed E-state index contributed by atoms with van der Waals surface area (Å²) in [6, 6.07) is 14.2. The van der Waals surface area contributed by atoms with Gasteiger partial charge < -0.3 is 0 Å². The molecule has 218 valence electrons. The first-order chi connectivity index (χ1) is 19.0. The molecule has 2 unspecified atom stereocenters. The summed E-state index contributed by atoms with van der Waals surface area (Å²) in [6.45, 7) is 9.77. The van der Waals surface area contributed by atoms with Crippen LogP contribution in [0.25, 0.3) is 11.1 Å². The van der Waals surface area contributed by atoms with Gasteiger partial charge in [-0.25, -0.2) is 0 Å². The lowest BCUT2D eigenvalue weighted by Crippen LogP contribution is -2.40. The Kier molecular flexibility index (Phi) is 14.7. The summed E-state index contributed by atoms with van der Waals surface area (Å²) in [5.41, 5.74) is 6.16. The Morgan fingerprint density at radius 2 is 0.846 bits per heavy atom. The molecule has 2 atom stereocenters. The molecule has 0 saturated heterocycles. The number of halogens is 2. The van der Waals surface area contributed by atoms with Crippen molar-refractivity contribution in [3.05, 3.63) is 56.5 Å². The van der Waals surface area contributed by atoms with E-state index >= 15 is 0 Å². The van der Waals surface area contributed by atoms with E-state index in [1.54, 1.807) is 11.1 Å². The van der Waals surface area contributed by atoms with Crippen molar-refractivity contribution in [3.8, 4) is 11.1 Å². The fourth-order valence-electron chi connectivity index (χ4n) is 7.50. The summed E-state index contributed by atoms with van der Waals surface area (Å²) in [4.78, 5) is 0. The van der Waals surface area contributed by atoms with E-state index in [4.69, 9.17) is 0 Å². The number of fused-ring (bicyclic) bond motifs is 3. The molecule has 0 radical (unpaired) electrons. The summed E-state index contributed by atoms with van der Waals surface area (Å²) in [5, 5.41) is 0. The second kappa shape index (κ2) is 17.4. The monoisotopic (exact) mass is 658 g/mol. The number of benzene rings is 2. The van der Waals surface area contributed by atoms with Crippen molar-refractivity contribution in [2.45, 2.75) is 149 Å². The normalized spacial score (nSPS) is 15.2. The van der Waals surface area contributed by atoms with Gasteiger partial charge in [0.15, 0.2) is 0 Å². The van der Waals surface area contributed by atoms with Gasteiger partial charge in [0.1, 0.15) is 0 Å². The zero-order valence-electron chi connectivity index (χ0n) is 25.6. The zero-order valence-corrected chi connectivity index (χ0v) is 28.8. The van der Waals surface area contributed by atoms with E-state index in [0.717, 1.165) is 0 Å². The molecule has 0 bridgehead atoms. The average molecular weight is 661 g/mol. The van der Waals surface area contributed by atoms with Gasteiger partial charge in [-0.2, -0.15) is 0 Å². The quantitative estimate of drug-likeness (QED) is 0.124. The number of hydrogen-bond acceptors (Lipinski definition) is 0. The van der Waals surface area contributed by atoms with Gasteiger partial charge >= 0.3 is 0 Å². The van der Waals surface area contributed by atoms with Gasteiger partial charge in [0.2, 0.25) is 0 Å². The number of hydrogen-bond donors (Lipinski definition) is 0. The highest BCUT2D eigenvalue weighted by Crippen LogP contribution is 2.59. The van der Waals surface area contributed by atoms with E-state index < -0.39 is 0 Å². The maximum absolute atomic E-state index is 3.86. The molecule has 0 fully saturated rings. The zero-order chi connectivity index (χ0) is 28.1. The average Bonchev–Trinajstić information content (AvgIpc) is 3.20. The predicted molar refractivity (Wildman–Crippen MR) is 181 cm³/mol. The lowest BCUT2D eigenvalue weighted by molar-refractivity contribution is 0.216. The number of unbranched alkanes of at least 4 members (excludes halogenated alkanes) is 14. The first kappa shape index (κ1) is 32.9. The van der Waals surface area contributed by atoms with Crippen molar-refractivity contribution in [2.24, 2.45) is 11.8 Å². The minimum Gasteiger partial charge on any atom is -0.0654 e. The van der Waals surface area contributed by atoms with E-state index in [9.17, 15) is 0 Å². The molecule has 1 aliphatic carbocycles. The molecule has 0 spiro atoms. The third-order valence-electron chi connectivity index (χ3n) is 9.68. The van der Waals surface area contributed by atoms with Crippen LogP contribution in [0.4, 0.5) is 0 Å². The van der Waals surface area contributed by atoms with Crippen LogP contribution in [-0.4, -0.2) is 0 Å². The summed E-state index contributed by atoms with van der Waals surface area (Å²) in [7, 11) is 0. The lowest BCUT2D eigenvalue weighted by atomic mass is 9.59. The molecular formula is C37H56Br2. The first-order valence-electron chi connectivity index (χ1n) is 16.6. The molecule has 0 nitrogen and oxygen atoms in total. The van der Waals surface area contributed by atoms with Crippen molar-refractivity contribution >= 4 is 31.9 Å². The van der Waals surface area contributed by atoms with Crippen LogP contribution in [0.15, 0.2) is 45.3 Å². The summed E-state index contributed by atoms with van der Waals surface area (Å²) in [6.07, 6.45) is 24.9.